The Bertz CT molecular complexity index is 1690. The van der Waals surface area contributed by atoms with Crippen LogP contribution in [-0.2, 0) is 35.0 Å². The fraction of sp³-hybridized carbons (Fsp3) is 0.486. The summed E-state index contributed by atoms with van der Waals surface area (Å²) in [5.74, 6) is -1.35. The number of nitrogens with zero attached hydrogens (tertiary/aromatic N) is 1. The molecule has 2 amide bonds. The summed E-state index contributed by atoms with van der Waals surface area (Å²) in [6.45, 7) is 9.29. The summed E-state index contributed by atoms with van der Waals surface area (Å²) in [7, 11) is 3.13. The maximum absolute atomic E-state index is 14.0. The van der Waals surface area contributed by atoms with E-state index in [4.69, 9.17) is 36.3 Å². The number of hydrogen-bond acceptors (Lipinski definition) is 9. The van der Waals surface area contributed by atoms with Gasteiger partial charge in [0, 0.05) is 37.9 Å². The fourth-order valence-electron chi connectivity index (χ4n) is 6.93. The molecule has 0 radical (unpaired) electrons. The highest BCUT2D eigenvalue weighted by molar-refractivity contribution is 6.34. The monoisotopic (exact) mass is 695 g/mol. The fourth-order valence-corrected chi connectivity index (χ4v) is 7.16. The van der Waals surface area contributed by atoms with Crippen LogP contribution in [0.5, 0.6) is 0 Å². The first-order valence-electron chi connectivity index (χ1n) is 16.4. The molecule has 3 aliphatic heterocycles. The number of nitrogens with one attached hydrogen (secondary N) is 1. The maximum Gasteiger partial charge on any atom is 0.412 e. The number of carbonyl (C=O) groups is 3. The van der Waals surface area contributed by atoms with Crippen LogP contribution < -0.4 is 16.0 Å². The molecule has 49 heavy (non-hydrogen) atoms. The van der Waals surface area contributed by atoms with Crippen LogP contribution in [-0.4, -0.2) is 72.9 Å². The molecule has 2 aromatic carbocycles. The molecule has 0 aromatic heterocycles. The molecule has 4 N–H and O–H groups in total. The summed E-state index contributed by atoms with van der Waals surface area (Å²) in [4.78, 5) is 41.7. The van der Waals surface area contributed by atoms with E-state index in [9.17, 15) is 19.5 Å². The Labute approximate surface area is 292 Å². The Kier molecular flexibility index (Phi) is 10.5. The Balaban J connectivity index is 1.52. The SMILES string of the molecule is CO[C@@H]1/C=C/C=C(\C)Cc2cc(C)c(Cl)c(c2)N(C)C(=O)C[C@H](OC(=O)Nc2ccc(N)c(C)c2)[C@]2(C)O[C@H]2[C@H](C)[C@@H]2C[C@@]1(O)CC(=O)O2. The Morgan fingerprint density at radius 1 is 1.16 bits per heavy atom. The van der Waals surface area contributed by atoms with E-state index in [0.717, 1.165) is 22.3 Å². The van der Waals surface area contributed by atoms with E-state index in [1.54, 1.807) is 38.2 Å². The van der Waals surface area contributed by atoms with Gasteiger partial charge in [0.25, 0.3) is 0 Å². The van der Waals surface area contributed by atoms with Gasteiger partial charge in [0.1, 0.15) is 29.5 Å². The van der Waals surface area contributed by atoms with Crippen LogP contribution in [0.4, 0.5) is 21.9 Å². The number of fused-ring (bicyclic) bond motifs is 5. The molecule has 0 spiro atoms. The third-order valence-corrected chi connectivity index (χ3v) is 10.5. The van der Waals surface area contributed by atoms with E-state index in [2.05, 4.69) is 5.32 Å². The van der Waals surface area contributed by atoms with Crippen molar-refractivity contribution in [3.63, 3.8) is 0 Å². The van der Waals surface area contributed by atoms with Crippen molar-refractivity contribution in [1.29, 1.82) is 0 Å². The predicted octanol–water partition coefficient (Wildman–Crippen LogP) is 5.81. The van der Waals surface area contributed by atoms with Crippen molar-refractivity contribution in [1.82, 2.24) is 0 Å². The number of hydrogen-bond donors (Lipinski definition) is 3. The van der Waals surface area contributed by atoms with Gasteiger partial charge in [-0.2, -0.15) is 0 Å². The second-order valence-corrected chi connectivity index (χ2v) is 14.2. The number of methoxy groups -OCH3 is 1. The van der Waals surface area contributed by atoms with Crippen LogP contribution in [0.25, 0.3) is 0 Å². The number of ether oxygens (including phenoxy) is 4. The molecular formula is C37H46ClN3O8. The lowest BCUT2D eigenvalue weighted by Crippen LogP contribution is -2.53. The van der Waals surface area contributed by atoms with Gasteiger partial charge in [-0.3, -0.25) is 14.9 Å². The molecule has 7 atom stereocenters. The van der Waals surface area contributed by atoms with Gasteiger partial charge < -0.3 is 34.7 Å². The zero-order valence-corrected chi connectivity index (χ0v) is 29.8. The molecule has 5 rings (SSSR count). The number of aryl methyl sites for hydroxylation is 2. The summed E-state index contributed by atoms with van der Waals surface area (Å²) < 4.78 is 23.7. The summed E-state index contributed by atoms with van der Waals surface area (Å²) in [5, 5.41) is 14.9. The van der Waals surface area contributed by atoms with E-state index in [-0.39, 0.29) is 25.2 Å². The molecule has 3 heterocycles. The van der Waals surface area contributed by atoms with Crippen molar-refractivity contribution in [3.05, 3.63) is 75.8 Å². The largest absolute Gasteiger partial charge is 0.462 e. The first kappa shape index (κ1) is 36.4. The van der Waals surface area contributed by atoms with E-state index < -0.39 is 53.6 Å². The molecule has 4 bridgehead atoms. The molecule has 2 fully saturated rings. The summed E-state index contributed by atoms with van der Waals surface area (Å²) >= 11 is 6.75. The van der Waals surface area contributed by atoms with Crippen molar-refractivity contribution >= 4 is 46.6 Å². The molecule has 0 aliphatic carbocycles. The number of nitrogens with two attached hydrogens (primary N) is 1. The quantitative estimate of drug-likeness (QED) is 0.205. The molecular weight excluding hydrogens is 650 g/mol. The molecule has 264 valence electrons. The van der Waals surface area contributed by atoms with Crippen molar-refractivity contribution in [2.75, 3.05) is 30.1 Å². The molecule has 11 nitrogen and oxygen atoms in total. The highest BCUT2D eigenvalue weighted by atomic mass is 35.5. The number of aliphatic hydroxyl groups is 1. The number of esters is 1. The van der Waals surface area contributed by atoms with Gasteiger partial charge >= 0.3 is 12.1 Å². The molecule has 2 saturated heterocycles. The number of epoxide rings is 1. The van der Waals surface area contributed by atoms with Gasteiger partial charge in [-0.1, -0.05) is 48.4 Å². The summed E-state index contributed by atoms with van der Waals surface area (Å²) in [6.07, 6.45) is 1.72. The molecule has 3 aliphatic rings. The van der Waals surface area contributed by atoms with Gasteiger partial charge in [0.2, 0.25) is 5.91 Å². The zero-order valence-electron chi connectivity index (χ0n) is 29.0. The van der Waals surface area contributed by atoms with Crippen LogP contribution in [0.3, 0.4) is 0 Å². The molecule has 0 saturated carbocycles. The first-order valence-corrected chi connectivity index (χ1v) is 16.8. The van der Waals surface area contributed by atoms with Gasteiger partial charge in [-0.15, -0.1) is 0 Å². The van der Waals surface area contributed by atoms with Crippen molar-refractivity contribution in [2.45, 2.75) is 95.9 Å². The van der Waals surface area contributed by atoms with Crippen molar-refractivity contribution < 1.29 is 38.4 Å². The third kappa shape index (κ3) is 7.80. The van der Waals surface area contributed by atoms with Crippen LogP contribution in [0.1, 0.15) is 56.7 Å². The Morgan fingerprint density at radius 2 is 1.90 bits per heavy atom. The highest BCUT2D eigenvalue weighted by Crippen LogP contribution is 2.49. The van der Waals surface area contributed by atoms with E-state index in [0.29, 0.717) is 28.5 Å². The second-order valence-electron chi connectivity index (χ2n) is 13.8. The van der Waals surface area contributed by atoms with E-state index in [1.165, 1.54) is 12.0 Å². The Hall–Kier alpha value is -3.90. The summed E-state index contributed by atoms with van der Waals surface area (Å²) in [6, 6.07) is 8.91. The van der Waals surface area contributed by atoms with Crippen molar-refractivity contribution in [3.8, 4) is 0 Å². The number of rotatable bonds is 3. The topological polar surface area (TPSA) is 153 Å². The predicted molar refractivity (Wildman–Crippen MR) is 188 cm³/mol. The number of halogens is 1. The average molecular weight is 696 g/mol. The minimum atomic E-state index is -1.54. The lowest BCUT2D eigenvalue weighted by Gasteiger charge is -2.41. The smallest absolute Gasteiger partial charge is 0.412 e. The minimum Gasteiger partial charge on any atom is -0.462 e. The van der Waals surface area contributed by atoms with E-state index >= 15 is 0 Å². The van der Waals surface area contributed by atoms with Gasteiger partial charge in [-0.05, 0) is 75.1 Å². The van der Waals surface area contributed by atoms with Crippen LogP contribution in [0.2, 0.25) is 5.02 Å². The van der Waals surface area contributed by atoms with Crippen LogP contribution >= 0.6 is 11.6 Å². The zero-order chi connectivity index (χ0) is 35.8. The maximum atomic E-state index is 14.0. The van der Waals surface area contributed by atoms with Gasteiger partial charge in [0.15, 0.2) is 0 Å². The summed E-state index contributed by atoms with van der Waals surface area (Å²) in [5.41, 5.74) is 8.39. The lowest BCUT2D eigenvalue weighted by molar-refractivity contribution is -0.187. The molecule has 0 unspecified atom stereocenters. The number of amides is 2. The number of carbonyl (C=O) groups excluding carboxylic acids is 3. The van der Waals surface area contributed by atoms with Crippen LogP contribution in [0.15, 0.2) is 54.1 Å². The number of anilines is 3. The lowest BCUT2D eigenvalue weighted by atomic mass is 9.78. The highest BCUT2D eigenvalue weighted by Gasteiger charge is 2.64. The second kappa shape index (κ2) is 14.1. The average Bonchev–Trinajstić information content (AvgIpc) is 3.73. The van der Waals surface area contributed by atoms with Crippen molar-refractivity contribution in [2.24, 2.45) is 5.92 Å². The number of benzene rings is 2. The standard InChI is InChI=1S/C37H46ClN3O8/c1-20-9-8-10-29(46-7)37(45)18-28(47-32(43)19-37)23(4)34-36(5,49-34)30(48-35(44)40-25-11-12-26(39)21(2)15-25)17-31(42)41(6)27-16-24(13-20)14-22(3)33(27)38/h8-12,14-16,23,28-30,34,45H,13,17-19,39H2,1-7H3,(H,40,44)/b10-8+,20-9+/t23-,28+,29-,30+,34+,36+,37-/m1/s1. The first-order chi connectivity index (χ1) is 23.0. The molecule has 12 heteroatoms. The van der Waals surface area contributed by atoms with Gasteiger partial charge in [0.05, 0.1) is 29.7 Å². The van der Waals surface area contributed by atoms with Gasteiger partial charge in [-0.25, -0.2) is 4.79 Å². The number of nitrogen functional groups attached to an aromatic ring is 1. The minimum absolute atomic E-state index is 0.0924. The normalized spacial score (nSPS) is 32.3. The number of allylic oxidation sites excluding steroid dienone is 3. The molecule has 2 aromatic rings. The third-order valence-electron chi connectivity index (χ3n) is 9.97. The van der Waals surface area contributed by atoms with Crippen LogP contribution in [0, 0.1) is 19.8 Å². The Morgan fingerprint density at radius 3 is 2.59 bits per heavy atom. The van der Waals surface area contributed by atoms with E-state index in [1.807, 2.05) is 52.0 Å².